The summed E-state index contributed by atoms with van der Waals surface area (Å²) in [4.78, 5) is 16.7. The smallest absolute Gasteiger partial charge is 0.317 e. The molecule has 0 saturated heterocycles. The number of aromatic nitrogens is 1. The molecular formula is C12H14N2O3. The van der Waals surface area contributed by atoms with Crippen molar-refractivity contribution in [2.24, 2.45) is 0 Å². The average Bonchev–Trinajstić information content (AvgIpc) is 2.69. The van der Waals surface area contributed by atoms with Crippen LogP contribution in [0.5, 0.6) is 0 Å². The largest absolute Gasteiger partial charge is 0.480 e. The van der Waals surface area contributed by atoms with E-state index in [9.17, 15) is 4.79 Å². The fourth-order valence-corrected chi connectivity index (χ4v) is 1.65. The van der Waals surface area contributed by atoms with Crippen molar-refractivity contribution >= 4 is 17.1 Å². The third-order valence-corrected chi connectivity index (χ3v) is 2.50. The van der Waals surface area contributed by atoms with E-state index in [0.717, 1.165) is 11.1 Å². The number of rotatable bonds is 5. The summed E-state index contributed by atoms with van der Waals surface area (Å²) in [5, 5.41) is 8.74. The van der Waals surface area contributed by atoms with E-state index < -0.39 is 5.97 Å². The topological polar surface area (TPSA) is 66.6 Å². The Kier molecular flexibility index (Phi) is 3.39. The normalized spacial score (nSPS) is 11.2. The lowest BCUT2D eigenvalue weighted by Crippen LogP contribution is -2.29. The molecule has 2 aromatic rings. The number of benzene rings is 1. The summed E-state index contributed by atoms with van der Waals surface area (Å²) in [6, 6.07) is 7.49. The highest BCUT2D eigenvalue weighted by Gasteiger charge is 2.12. The average molecular weight is 234 g/mol. The van der Waals surface area contributed by atoms with Gasteiger partial charge in [0.05, 0.1) is 13.1 Å². The summed E-state index contributed by atoms with van der Waals surface area (Å²) >= 11 is 0. The first-order valence-electron chi connectivity index (χ1n) is 5.47. The number of hydrogen-bond donors (Lipinski definition) is 1. The van der Waals surface area contributed by atoms with Crippen LogP contribution in [-0.4, -0.2) is 34.0 Å². The van der Waals surface area contributed by atoms with Crippen LogP contribution in [0.3, 0.4) is 0 Å². The van der Waals surface area contributed by atoms with Crippen LogP contribution in [0.25, 0.3) is 11.1 Å². The number of fused-ring (bicyclic) bond motifs is 1. The second-order valence-corrected chi connectivity index (χ2v) is 3.77. The summed E-state index contributed by atoms with van der Waals surface area (Å²) in [5.41, 5.74) is 1.53. The lowest BCUT2D eigenvalue weighted by atomic mass is 10.3. The van der Waals surface area contributed by atoms with E-state index in [0.29, 0.717) is 19.0 Å². The maximum atomic E-state index is 10.6. The Labute approximate surface area is 98.7 Å². The number of carboxylic acid groups (broad SMARTS) is 1. The van der Waals surface area contributed by atoms with Gasteiger partial charge in [-0.3, -0.25) is 9.69 Å². The minimum absolute atomic E-state index is 0.00474. The third kappa shape index (κ3) is 2.82. The predicted molar refractivity (Wildman–Crippen MR) is 62.6 cm³/mol. The van der Waals surface area contributed by atoms with E-state index in [1.54, 1.807) is 4.90 Å². The van der Waals surface area contributed by atoms with Crippen LogP contribution in [0, 0.1) is 0 Å². The number of carbonyl (C=O) groups is 1. The molecule has 0 atom stereocenters. The fraction of sp³-hybridized carbons (Fsp3) is 0.333. The molecule has 0 radical (unpaired) electrons. The second-order valence-electron chi connectivity index (χ2n) is 3.77. The third-order valence-electron chi connectivity index (χ3n) is 2.50. The molecule has 5 nitrogen and oxygen atoms in total. The molecule has 0 fully saturated rings. The molecule has 17 heavy (non-hydrogen) atoms. The molecular weight excluding hydrogens is 220 g/mol. The summed E-state index contributed by atoms with van der Waals surface area (Å²) < 4.78 is 5.54. The van der Waals surface area contributed by atoms with Gasteiger partial charge in [0.25, 0.3) is 0 Å². The van der Waals surface area contributed by atoms with Crippen molar-refractivity contribution in [3.05, 3.63) is 30.2 Å². The van der Waals surface area contributed by atoms with E-state index in [1.807, 2.05) is 31.2 Å². The molecule has 0 amide bonds. The zero-order valence-corrected chi connectivity index (χ0v) is 9.59. The maximum absolute atomic E-state index is 10.6. The summed E-state index contributed by atoms with van der Waals surface area (Å²) in [6.45, 7) is 2.96. The number of likely N-dealkylation sites (N-methyl/N-ethyl adjacent to an activating group) is 1. The van der Waals surface area contributed by atoms with E-state index in [4.69, 9.17) is 9.52 Å². The molecule has 0 unspecified atom stereocenters. The van der Waals surface area contributed by atoms with Crippen LogP contribution in [0.4, 0.5) is 0 Å². The quantitative estimate of drug-likeness (QED) is 0.853. The van der Waals surface area contributed by atoms with Crippen LogP contribution in [0.1, 0.15) is 12.8 Å². The highest BCUT2D eigenvalue weighted by Crippen LogP contribution is 2.15. The van der Waals surface area contributed by atoms with E-state index >= 15 is 0 Å². The Morgan fingerprint density at radius 2 is 2.24 bits per heavy atom. The van der Waals surface area contributed by atoms with Gasteiger partial charge in [-0.1, -0.05) is 19.1 Å². The standard InChI is InChI=1S/C12H14N2O3/c1-2-14(8-12(15)16)7-11-13-9-5-3-4-6-10(9)17-11/h3-6H,2,7-8H2,1H3,(H,15,16). The number of aliphatic carboxylic acids is 1. The first-order chi connectivity index (χ1) is 8.19. The van der Waals surface area contributed by atoms with Crippen LogP contribution in [0.15, 0.2) is 28.7 Å². The van der Waals surface area contributed by atoms with Gasteiger partial charge < -0.3 is 9.52 Å². The van der Waals surface area contributed by atoms with Gasteiger partial charge in [0.2, 0.25) is 5.89 Å². The lowest BCUT2D eigenvalue weighted by molar-refractivity contribution is -0.138. The fourth-order valence-electron chi connectivity index (χ4n) is 1.65. The number of nitrogens with zero attached hydrogens (tertiary/aromatic N) is 2. The molecule has 0 aliphatic carbocycles. The van der Waals surface area contributed by atoms with E-state index in [2.05, 4.69) is 4.98 Å². The Balaban J connectivity index is 2.14. The highest BCUT2D eigenvalue weighted by molar-refractivity contribution is 5.72. The minimum Gasteiger partial charge on any atom is -0.480 e. The monoisotopic (exact) mass is 234 g/mol. The van der Waals surface area contributed by atoms with Crippen molar-refractivity contribution in [3.8, 4) is 0 Å². The first-order valence-corrected chi connectivity index (χ1v) is 5.47. The van der Waals surface area contributed by atoms with Gasteiger partial charge in [-0.2, -0.15) is 0 Å². The minimum atomic E-state index is -0.844. The van der Waals surface area contributed by atoms with Gasteiger partial charge in [0.15, 0.2) is 5.58 Å². The first kappa shape index (κ1) is 11.6. The number of para-hydroxylation sites is 2. The Morgan fingerprint density at radius 3 is 2.88 bits per heavy atom. The summed E-state index contributed by atoms with van der Waals surface area (Å²) in [7, 11) is 0. The second kappa shape index (κ2) is 4.97. The summed E-state index contributed by atoms with van der Waals surface area (Å²) in [6.07, 6.45) is 0. The van der Waals surface area contributed by atoms with Crippen molar-refractivity contribution in [1.82, 2.24) is 9.88 Å². The Morgan fingerprint density at radius 1 is 1.47 bits per heavy atom. The molecule has 1 heterocycles. The molecule has 5 heteroatoms. The van der Waals surface area contributed by atoms with Crippen LogP contribution < -0.4 is 0 Å². The Bertz CT molecular complexity index is 488. The molecule has 1 aromatic carbocycles. The van der Waals surface area contributed by atoms with Crippen molar-refractivity contribution in [1.29, 1.82) is 0 Å². The van der Waals surface area contributed by atoms with Crippen LogP contribution in [0.2, 0.25) is 0 Å². The molecule has 0 aliphatic heterocycles. The van der Waals surface area contributed by atoms with Crippen molar-refractivity contribution in [2.75, 3.05) is 13.1 Å². The van der Waals surface area contributed by atoms with Crippen molar-refractivity contribution < 1.29 is 14.3 Å². The van der Waals surface area contributed by atoms with Crippen molar-refractivity contribution in [2.45, 2.75) is 13.5 Å². The van der Waals surface area contributed by atoms with Gasteiger partial charge in [0.1, 0.15) is 5.52 Å². The number of carboxylic acids is 1. The molecule has 0 bridgehead atoms. The molecule has 1 aromatic heterocycles. The van der Waals surface area contributed by atoms with Crippen LogP contribution in [-0.2, 0) is 11.3 Å². The molecule has 90 valence electrons. The van der Waals surface area contributed by atoms with Gasteiger partial charge in [-0.25, -0.2) is 4.98 Å². The molecule has 1 N–H and O–H groups in total. The SMILES string of the molecule is CCN(CC(=O)O)Cc1nc2ccccc2o1. The van der Waals surface area contributed by atoms with Gasteiger partial charge in [0, 0.05) is 0 Å². The number of oxazole rings is 1. The van der Waals surface area contributed by atoms with E-state index in [1.165, 1.54) is 0 Å². The van der Waals surface area contributed by atoms with Gasteiger partial charge >= 0.3 is 5.97 Å². The predicted octanol–water partition coefficient (Wildman–Crippen LogP) is 1.73. The maximum Gasteiger partial charge on any atom is 0.317 e. The van der Waals surface area contributed by atoms with Gasteiger partial charge in [-0.05, 0) is 18.7 Å². The summed E-state index contributed by atoms with van der Waals surface area (Å²) in [5.74, 6) is -0.294. The molecule has 0 saturated carbocycles. The van der Waals surface area contributed by atoms with Crippen molar-refractivity contribution in [3.63, 3.8) is 0 Å². The molecule has 0 aliphatic rings. The highest BCUT2D eigenvalue weighted by atomic mass is 16.4. The molecule has 2 rings (SSSR count). The Hall–Kier alpha value is -1.88. The van der Waals surface area contributed by atoms with Gasteiger partial charge in [-0.15, -0.1) is 0 Å². The zero-order chi connectivity index (χ0) is 12.3. The van der Waals surface area contributed by atoms with Crippen LogP contribution >= 0.6 is 0 Å². The molecule has 0 spiro atoms. The lowest BCUT2D eigenvalue weighted by Gasteiger charge is -2.14. The number of hydrogen-bond acceptors (Lipinski definition) is 4. The van der Waals surface area contributed by atoms with E-state index in [-0.39, 0.29) is 6.54 Å². The zero-order valence-electron chi connectivity index (χ0n) is 9.59.